The summed E-state index contributed by atoms with van der Waals surface area (Å²) in [7, 11) is 1.28. The van der Waals surface area contributed by atoms with E-state index in [1.54, 1.807) is 11.4 Å². The number of ether oxygens (including phenoxy) is 1. The van der Waals surface area contributed by atoms with E-state index < -0.39 is 11.8 Å². The van der Waals surface area contributed by atoms with Crippen molar-refractivity contribution in [1.29, 1.82) is 0 Å². The second-order valence-electron chi connectivity index (χ2n) is 3.16. The average molecular weight is 272 g/mol. The smallest absolute Gasteiger partial charge is 0.357 e. The van der Waals surface area contributed by atoms with Gasteiger partial charge in [0.15, 0.2) is 5.69 Å². The number of carbonyl (C=O) groups excluding carboxylic acids is 1. The van der Waals surface area contributed by atoms with Crippen LogP contribution in [0.4, 0.5) is 4.39 Å². The van der Waals surface area contributed by atoms with Crippen LogP contribution in [0, 0.1) is 5.82 Å². The predicted octanol–water partition coefficient (Wildman–Crippen LogP) is 3.39. The molecule has 1 aromatic carbocycles. The number of thiazole rings is 1. The van der Waals surface area contributed by atoms with Crippen LogP contribution in [0.15, 0.2) is 23.6 Å². The van der Waals surface area contributed by atoms with Crippen molar-refractivity contribution in [3.63, 3.8) is 0 Å². The van der Waals surface area contributed by atoms with Crippen molar-refractivity contribution >= 4 is 28.9 Å². The molecule has 1 aromatic heterocycles. The highest BCUT2D eigenvalue weighted by Gasteiger charge is 2.12. The van der Waals surface area contributed by atoms with Crippen molar-refractivity contribution < 1.29 is 13.9 Å². The van der Waals surface area contributed by atoms with Gasteiger partial charge in [0.1, 0.15) is 10.8 Å². The summed E-state index contributed by atoms with van der Waals surface area (Å²) in [6, 6.07) is 4.37. The van der Waals surface area contributed by atoms with E-state index in [-0.39, 0.29) is 10.7 Å². The minimum Gasteiger partial charge on any atom is -0.464 e. The van der Waals surface area contributed by atoms with Crippen LogP contribution in [0.3, 0.4) is 0 Å². The number of nitrogens with zero attached hydrogens (tertiary/aromatic N) is 1. The molecule has 0 aliphatic heterocycles. The quantitative estimate of drug-likeness (QED) is 0.786. The molecule has 0 spiro atoms. The van der Waals surface area contributed by atoms with Gasteiger partial charge in [-0.1, -0.05) is 17.7 Å². The number of hydrogen-bond acceptors (Lipinski definition) is 4. The van der Waals surface area contributed by atoms with E-state index in [9.17, 15) is 9.18 Å². The maximum atomic E-state index is 13.2. The lowest BCUT2D eigenvalue weighted by Crippen LogP contribution is -2.00. The van der Waals surface area contributed by atoms with E-state index in [4.69, 9.17) is 11.6 Å². The first-order valence-corrected chi connectivity index (χ1v) is 5.87. The molecule has 0 radical (unpaired) electrons. The Kier molecular flexibility index (Phi) is 3.40. The Hall–Kier alpha value is -1.46. The summed E-state index contributed by atoms with van der Waals surface area (Å²) in [5.41, 5.74) is 0.787. The molecule has 3 nitrogen and oxygen atoms in total. The fourth-order valence-corrected chi connectivity index (χ4v) is 2.14. The van der Waals surface area contributed by atoms with Gasteiger partial charge in [0, 0.05) is 10.9 Å². The van der Waals surface area contributed by atoms with Gasteiger partial charge < -0.3 is 4.74 Å². The van der Waals surface area contributed by atoms with Crippen molar-refractivity contribution in [1.82, 2.24) is 4.98 Å². The van der Waals surface area contributed by atoms with Gasteiger partial charge >= 0.3 is 5.97 Å². The Balaban J connectivity index is 2.37. The largest absolute Gasteiger partial charge is 0.464 e. The lowest BCUT2D eigenvalue weighted by atomic mass is 10.2. The second-order valence-corrected chi connectivity index (χ2v) is 4.42. The van der Waals surface area contributed by atoms with Crippen molar-refractivity contribution in [3.05, 3.63) is 40.1 Å². The van der Waals surface area contributed by atoms with E-state index in [2.05, 4.69) is 9.72 Å². The van der Waals surface area contributed by atoms with Gasteiger partial charge in [0.05, 0.1) is 12.1 Å². The Labute approximate surface area is 106 Å². The average Bonchev–Trinajstić information content (AvgIpc) is 2.81. The Morgan fingerprint density at radius 3 is 2.94 bits per heavy atom. The highest BCUT2D eigenvalue weighted by molar-refractivity contribution is 7.13. The van der Waals surface area contributed by atoms with Crippen LogP contribution in [0.5, 0.6) is 0 Å². The molecule has 1 heterocycles. The summed E-state index contributed by atoms with van der Waals surface area (Å²) in [5, 5.41) is 2.16. The highest BCUT2D eigenvalue weighted by atomic mass is 35.5. The maximum absolute atomic E-state index is 13.2. The van der Waals surface area contributed by atoms with E-state index >= 15 is 0 Å². The molecular weight excluding hydrogens is 265 g/mol. The van der Waals surface area contributed by atoms with Gasteiger partial charge in [-0.05, 0) is 12.1 Å². The molecule has 0 fully saturated rings. The third-order valence-electron chi connectivity index (χ3n) is 2.07. The number of halogens is 2. The summed E-state index contributed by atoms with van der Waals surface area (Å²) in [4.78, 5) is 15.3. The van der Waals surface area contributed by atoms with Crippen LogP contribution in [-0.2, 0) is 4.74 Å². The van der Waals surface area contributed by atoms with Gasteiger partial charge in [-0.3, -0.25) is 0 Å². The fourth-order valence-electron chi connectivity index (χ4n) is 1.23. The molecule has 17 heavy (non-hydrogen) atoms. The van der Waals surface area contributed by atoms with Crippen LogP contribution in [0.2, 0.25) is 5.02 Å². The fraction of sp³-hybridized carbons (Fsp3) is 0.0909. The summed E-state index contributed by atoms with van der Waals surface area (Å²) in [5.74, 6) is -1.03. The van der Waals surface area contributed by atoms with Crippen molar-refractivity contribution in [2.75, 3.05) is 7.11 Å². The maximum Gasteiger partial charge on any atom is 0.357 e. The first kappa shape index (κ1) is 12.0. The van der Waals surface area contributed by atoms with Gasteiger partial charge in [-0.15, -0.1) is 11.3 Å². The van der Waals surface area contributed by atoms with Gasteiger partial charge in [-0.25, -0.2) is 14.2 Å². The SMILES string of the molecule is COC(=O)c1csc(-c2ccc(Cl)c(F)c2)n1. The molecule has 0 amide bonds. The second kappa shape index (κ2) is 4.81. The molecule has 2 aromatic rings. The van der Waals surface area contributed by atoms with E-state index in [1.165, 1.54) is 30.6 Å². The highest BCUT2D eigenvalue weighted by Crippen LogP contribution is 2.27. The normalized spacial score (nSPS) is 10.3. The number of aromatic nitrogens is 1. The van der Waals surface area contributed by atoms with Gasteiger partial charge in [-0.2, -0.15) is 0 Å². The molecule has 0 aliphatic rings. The van der Waals surface area contributed by atoms with Gasteiger partial charge in [0.25, 0.3) is 0 Å². The molecule has 0 unspecified atom stereocenters. The molecule has 2 rings (SSSR count). The van der Waals surface area contributed by atoms with E-state index in [0.717, 1.165) is 0 Å². The minimum atomic E-state index is -0.515. The van der Waals surface area contributed by atoms with Crippen molar-refractivity contribution in [3.8, 4) is 10.6 Å². The standard InChI is InChI=1S/C11H7ClFNO2S/c1-16-11(15)9-5-17-10(14-9)6-2-3-7(12)8(13)4-6/h2-5H,1H3. The van der Waals surface area contributed by atoms with Crippen LogP contribution in [-0.4, -0.2) is 18.1 Å². The summed E-state index contributed by atoms with van der Waals surface area (Å²) < 4.78 is 17.8. The van der Waals surface area contributed by atoms with Crippen molar-refractivity contribution in [2.45, 2.75) is 0 Å². The number of methoxy groups -OCH3 is 1. The molecule has 0 atom stereocenters. The number of carbonyl (C=O) groups is 1. The molecule has 0 aliphatic carbocycles. The Morgan fingerprint density at radius 2 is 2.29 bits per heavy atom. The molecular formula is C11H7ClFNO2S. The van der Waals surface area contributed by atoms with Crippen LogP contribution in [0.25, 0.3) is 10.6 Å². The first-order valence-electron chi connectivity index (χ1n) is 4.61. The molecule has 0 bridgehead atoms. The number of hydrogen-bond donors (Lipinski definition) is 0. The molecule has 0 saturated carbocycles. The van der Waals surface area contributed by atoms with Crippen molar-refractivity contribution in [2.24, 2.45) is 0 Å². The summed E-state index contributed by atoms with van der Waals surface area (Å²) in [6.07, 6.45) is 0. The zero-order valence-electron chi connectivity index (χ0n) is 8.74. The molecule has 6 heteroatoms. The van der Waals surface area contributed by atoms with E-state index in [0.29, 0.717) is 10.6 Å². The number of rotatable bonds is 2. The van der Waals surface area contributed by atoms with Crippen LogP contribution >= 0.6 is 22.9 Å². The zero-order valence-corrected chi connectivity index (χ0v) is 10.3. The third kappa shape index (κ3) is 2.45. The Bertz CT molecular complexity index is 570. The molecule has 88 valence electrons. The lowest BCUT2D eigenvalue weighted by molar-refractivity contribution is 0.0595. The predicted molar refractivity (Wildman–Crippen MR) is 63.9 cm³/mol. The summed E-state index contributed by atoms with van der Waals surface area (Å²) >= 11 is 6.82. The molecule has 0 saturated heterocycles. The first-order chi connectivity index (χ1) is 8.11. The Morgan fingerprint density at radius 1 is 1.53 bits per heavy atom. The van der Waals surface area contributed by atoms with E-state index in [1.807, 2.05) is 0 Å². The van der Waals surface area contributed by atoms with Crippen LogP contribution in [0.1, 0.15) is 10.5 Å². The lowest BCUT2D eigenvalue weighted by Gasteiger charge is -1.98. The molecule has 0 N–H and O–H groups in total. The monoisotopic (exact) mass is 271 g/mol. The third-order valence-corrected chi connectivity index (χ3v) is 3.26. The van der Waals surface area contributed by atoms with Gasteiger partial charge in [0.2, 0.25) is 0 Å². The topological polar surface area (TPSA) is 39.2 Å². The minimum absolute atomic E-state index is 0.0542. The number of esters is 1. The number of benzene rings is 1. The zero-order chi connectivity index (χ0) is 12.4. The van der Waals surface area contributed by atoms with Crippen LogP contribution < -0.4 is 0 Å². The summed E-state index contributed by atoms with van der Waals surface area (Å²) in [6.45, 7) is 0.